The van der Waals surface area contributed by atoms with Gasteiger partial charge in [0.2, 0.25) is 0 Å². The minimum atomic E-state index is -2.96. The molecule has 2 aromatic carbocycles. The number of ether oxygens (including phenoxy) is 2. The van der Waals surface area contributed by atoms with Gasteiger partial charge < -0.3 is 25.2 Å². The molecule has 0 amide bonds. The maximum Gasteiger partial charge on any atom is 0.387 e. The van der Waals surface area contributed by atoms with Crippen molar-refractivity contribution in [2.75, 3.05) is 19.7 Å². The quantitative estimate of drug-likeness (QED) is 0.225. The summed E-state index contributed by atoms with van der Waals surface area (Å²) in [5, 5.41) is 16.4. The maximum absolute atomic E-state index is 12.9. The van der Waals surface area contributed by atoms with Crippen LogP contribution in [0.4, 0.5) is 8.78 Å². The van der Waals surface area contributed by atoms with E-state index in [1.54, 1.807) is 25.1 Å². The molecule has 172 valence electrons. The molecule has 0 radical (unpaired) electrons. The number of benzene rings is 2. The number of aliphatic hydroxyl groups is 1. The number of rotatable bonds is 11. The molecule has 0 aliphatic carbocycles. The number of para-hydroxylation sites is 1. The van der Waals surface area contributed by atoms with Crippen LogP contribution in [0.3, 0.4) is 0 Å². The van der Waals surface area contributed by atoms with Crippen LogP contribution in [-0.4, -0.2) is 43.5 Å². The van der Waals surface area contributed by atoms with Crippen LogP contribution in [-0.2, 0) is 13.0 Å². The Labute approximate surface area is 199 Å². The molecule has 0 aromatic heterocycles. The van der Waals surface area contributed by atoms with Crippen LogP contribution in [0.15, 0.2) is 53.5 Å². The Morgan fingerprint density at radius 1 is 1.06 bits per heavy atom. The van der Waals surface area contributed by atoms with Crippen LogP contribution in [0.2, 0.25) is 0 Å². The molecule has 31 heavy (non-hydrogen) atoms. The monoisotopic (exact) mass is 549 g/mol. The number of hydrogen-bond acceptors (Lipinski definition) is 4. The highest BCUT2D eigenvalue weighted by Gasteiger charge is 2.16. The molecule has 2 rings (SSSR count). The van der Waals surface area contributed by atoms with Crippen LogP contribution in [0.1, 0.15) is 25.0 Å². The molecule has 2 aromatic rings. The summed E-state index contributed by atoms with van der Waals surface area (Å²) in [5.41, 5.74) is 1.51. The SMILES string of the molecule is CCNC(=NCc1cccc(OCC)c1OC(F)F)NCC(O)Cc1ccccc1.I. The Morgan fingerprint density at radius 2 is 1.81 bits per heavy atom. The van der Waals surface area contributed by atoms with E-state index in [4.69, 9.17) is 4.74 Å². The fraction of sp³-hybridized carbons (Fsp3) is 0.409. The number of nitrogens with zero attached hydrogens (tertiary/aromatic N) is 1. The number of alkyl halides is 2. The first kappa shape index (κ1) is 26.9. The summed E-state index contributed by atoms with van der Waals surface area (Å²) in [5.74, 6) is 0.703. The summed E-state index contributed by atoms with van der Waals surface area (Å²) in [6.07, 6.45) is -0.0917. The molecule has 9 heteroatoms. The molecule has 1 atom stereocenters. The molecule has 0 fully saturated rings. The standard InChI is InChI=1S/C22H29F2N3O3.HI/c1-3-25-22(27-15-18(28)13-16-9-6-5-7-10-16)26-14-17-11-8-12-19(29-4-2)20(17)30-21(23)24;/h5-12,18,21,28H,3-4,13-15H2,1-2H3,(H2,25,26,27);1H. The maximum atomic E-state index is 12.9. The van der Waals surface area contributed by atoms with Gasteiger partial charge in [-0.05, 0) is 25.5 Å². The fourth-order valence-corrected chi connectivity index (χ4v) is 2.86. The van der Waals surface area contributed by atoms with E-state index in [0.29, 0.717) is 37.6 Å². The van der Waals surface area contributed by atoms with Crippen molar-refractivity contribution in [2.24, 2.45) is 4.99 Å². The van der Waals surface area contributed by atoms with Crippen molar-refractivity contribution in [3.05, 3.63) is 59.7 Å². The Morgan fingerprint density at radius 3 is 2.45 bits per heavy atom. The van der Waals surface area contributed by atoms with E-state index in [9.17, 15) is 13.9 Å². The van der Waals surface area contributed by atoms with E-state index in [1.807, 2.05) is 37.3 Å². The number of aliphatic imine (C=N–C) groups is 1. The van der Waals surface area contributed by atoms with Gasteiger partial charge in [-0.1, -0.05) is 42.5 Å². The zero-order chi connectivity index (χ0) is 21.8. The van der Waals surface area contributed by atoms with Gasteiger partial charge in [0.15, 0.2) is 17.5 Å². The van der Waals surface area contributed by atoms with E-state index in [1.165, 1.54) is 0 Å². The van der Waals surface area contributed by atoms with Crippen LogP contribution >= 0.6 is 24.0 Å². The summed E-state index contributed by atoms with van der Waals surface area (Å²) < 4.78 is 35.8. The van der Waals surface area contributed by atoms with Gasteiger partial charge >= 0.3 is 6.61 Å². The largest absolute Gasteiger partial charge is 0.490 e. The Bertz CT molecular complexity index is 795. The van der Waals surface area contributed by atoms with Crippen molar-refractivity contribution in [1.29, 1.82) is 0 Å². The minimum Gasteiger partial charge on any atom is -0.490 e. The summed E-state index contributed by atoms with van der Waals surface area (Å²) in [4.78, 5) is 4.43. The summed E-state index contributed by atoms with van der Waals surface area (Å²) in [6.45, 7) is 2.06. The molecule has 0 heterocycles. The van der Waals surface area contributed by atoms with Crippen LogP contribution in [0.25, 0.3) is 0 Å². The first-order valence-electron chi connectivity index (χ1n) is 9.97. The highest BCUT2D eigenvalue weighted by molar-refractivity contribution is 14.0. The van der Waals surface area contributed by atoms with Crippen molar-refractivity contribution < 1.29 is 23.4 Å². The van der Waals surface area contributed by atoms with Gasteiger partial charge in [0.05, 0.1) is 19.3 Å². The molecule has 0 spiro atoms. The average Bonchev–Trinajstić information content (AvgIpc) is 2.72. The lowest BCUT2D eigenvalue weighted by atomic mass is 10.1. The molecular formula is C22H30F2IN3O3. The second kappa shape index (κ2) is 14.8. The van der Waals surface area contributed by atoms with Gasteiger partial charge in [-0.15, -0.1) is 24.0 Å². The second-order valence-corrected chi connectivity index (χ2v) is 6.48. The fourth-order valence-electron chi connectivity index (χ4n) is 2.86. The van der Waals surface area contributed by atoms with Gasteiger partial charge in [0.1, 0.15) is 0 Å². The van der Waals surface area contributed by atoms with Crippen molar-refractivity contribution in [3.8, 4) is 11.5 Å². The molecule has 6 nitrogen and oxygen atoms in total. The van der Waals surface area contributed by atoms with Gasteiger partial charge in [-0.3, -0.25) is 0 Å². The van der Waals surface area contributed by atoms with E-state index in [-0.39, 0.29) is 42.0 Å². The zero-order valence-electron chi connectivity index (χ0n) is 17.7. The van der Waals surface area contributed by atoms with E-state index >= 15 is 0 Å². The Hall–Kier alpha value is -2.14. The van der Waals surface area contributed by atoms with Gasteiger partial charge in [-0.25, -0.2) is 4.99 Å². The third kappa shape index (κ3) is 9.69. The second-order valence-electron chi connectivity index (χ2n) is 6.48. The molecule has 0 aliphatic heterocycles. The third-order valence-corrected chi connectivity index (χ3v) is 4.14. The summed E-state index contributed by atoms with van der Waals surface area (Å²) >= 11 is 0. The Balaban J connectivity index is 0.00000480. The lowest BCUT2D eigenvalue weighted by Gasteiger charge is -2.17. The lowest BCUT2D eigenvalue weighted by Crippen LogP contribution is -2.41. The molecule has 0 aliphatic rings. The topological polar surface area (TPSA) is 75.1 Å². The van der Waals surface area contributed by atoms with Gasteiger partial charge in [0, 0.05) is 25.1 Å². The summed E-state index contributed by atoms with van der Waals surface area (Å²) in [7, 11) is 0. The van der Waals surface area contributed by atoms with Crippen molar-refractivity contribution >= 4 is 29.9 Å². The number of hydrogen-bond donors (Lipinski definition) is 3. The third-order valence-electron chi connectivity index (χ3n) is 4.14. The highest BCUT2D eigenvalue weighted by Crippen LogP contribution is 2.33. The molecular weight excluding hydrogens is 519 g/mol. The molecule has 3 N–H and O–H groups in total. The van der Waals surface area contributed by atoms with Gasteiger partial charge in [0.25, 0.3) is 0 Å². The minimum absolute atomic E-state index is 0. The molecule has 1 unspecified atom stereocenters. The molecule has 0 saturated carbocycles. The van der Waals surface area contributed by atoms with Crippen LogP contribution < -0.4 is 20.1 Å². The summed E-state index contributed by atoms with van der Waals surface area (Å²) in [6, 6.07) is 14.6. The van der Waals surface area contributed by atoms with Crippen molar-refractivity contribution in [3.63, 3.8) is 0 Å². The Kier molecular flexibility index (Phi) is 12.8. The number of nitrogens with one attached hydrogen (secondary N) is 2. The van der Waals surface area contributed by atoms with Crippen molar-refractivity contribution in [2.45, 2.75) is 39.5 Å². The van der Waals surface area contributed by atoms with Crippen molar-refractivity contribution in [1.82, 2.24) is 10.6 Å². The molecule has 0 saturated heterocycles. The number of halogens is 3. The highest BCUT2D eigenvalue weighted by atomic mass is 127. The van der Waals surface area contributed by atoms with Crippen LogP contribution in [0, 0.1) is 0 Å². The van der Waals surface area contributed by atoms with Gasteiger partial charge in [-0.2, -0.15) is 8.78 Å². The number of aliphatic hydroxyl groups excluding tert-OH is 1. The smallest absolute Gasteiger partial charge is 0.387 e. The van der Waals surface area contributed by atoms with E-state index in [2.05, 4.69) is 20.4 Å². The van der Waals surface area contributed by atoms with Crippen LogP contribution in [0.5, 0.6) is 11.5 Å². The molecule has 0 bridgehead atoms. The number of guanidine groups is 1. The predicted molar refractivity (Wildman–Crippen MR) is 129 cm³/mol. The predicted octanol–water partition coefficient (Wildman–Crippen LogP) is 3.96. The first-order valence-corrected chi connectivity index (χ1v) is 9.97. The van der Waals surface area contributed by atoms with E-state index < -0.39 is 12.7 Å². The average molecular weight is 549 g/mol. The lowest BCUT2D eigenvalue weighted by molar-refractivity contribution is -0.0520. The first-order chi connectivity index (χ1) is 14.5. The van der Waals surface area contributed by atoms with E-state index in [0.717, 1.165) is 5.56 Å². The zero-order valence-corrected chi connectivity index (χ0v) is 20.0. The normalized spacial score (nSPS) is 12.1.